The lowest BCUT2D eigenvalue weighted by molar-refractivity contribution is 0.181. The van der Waals surface area contributed by atoms with E-state index in [4.69, 9.17) is 0 Å². The number of aliphatic hydroxyl groups excluding tert-OH is 1. The summed E-state index contributed by atoms with van der Waals surface area (Å²) in [5.41, 5.74) is 0.682. The molecule has 0 aliphatic heterocycles. The summed E-state index contributed by atoms with van der Waals surface area (Å²) < 4.78 is 13.3. The van der Waals surface area contributed by atoms with Crippen molar-refractivity contribution in [2.75, 3.05) is 0 Å². The Balaban J connectivity index is 2.94. The van der Waals surface area contributed by atoms with Gasteiger partial charge in [-0.05, 0) is 24.1 Å². The van der Waals surface area contributed by atoms with Crippen LogP contribution in [0, 0.1) is 5.82 Å². The Kier molecular flexibility index (Phi) is 3.63. The van der Waals surface area contributed by atoms with Gasteiger partial charge in [-0.1, -0.05) is 28.1 Å². The first-order valence-corrected chi connectivity index (χ1v) is 4.68. The van der Waals surface area contributed by atoms with Crippen molar-refractivity contribution >= 4 is 15.9 Å². The van der Waals surface area contributed by atoms with E-state index in [-0.39, 0.29) is 5.82 Å². The van der Waals surface area contributed by atoms with E-state index < -0.39 is 6.10 Å². The average Bonchev–Trinajstić information content (AvgIpc) is 2.04. The van der Waals surface area contributed by atoms with E-state index in [0.29, 0.717) is 16.5 Å². The summed E-state index contributed by atoms with van der Waals surface area (Å²) in [7, 11) is 0. The van der Waals surface area contributed by atoms with E-state index in [2.05, 4.69) is 22.5 Å². The van der Waals surface area contributed by atoms with Crippen molar-refractivity contribution in [3.05, 3.63) is 46.7 Å². The lowest BCUT2D eigenvalue weighted by atomic mass is 10.1. The number of rotatable bonds is 3. The van der Waals surface area contributed by atoms with Crippen LogP contribution in [0.1, 0.15) is 18.1 Å². The highest BCUT2D eigenvalue weighted by atomic mass is 79.9. The van der Waals surface area contributed by atoms with Gasteiger partial charge in [-0.25, -0.2) is 4.39 Å². The first-order chi connectivity index (χ1) is 6.15. The van der Waals surface area contributed by atoms with Crippen LogP contribution in [-0.4, -0.2) is 5.11 Å². The molecule has 0 saturated carbocycles. The lowest BCUT2D eigenvalue weighted by Crippen LogP contribution is -1.97. The standard InChI is InChI=1S/C10H10BrFO/c1-2-3-10(13)8-5-4-7(12)6-9(8)11/h2,4-6,10,13H,1,3H2. The Morgan fingerprint density at radius 3 is 2.85 bits per heavy atom. The van der Waals surface area contributed by atoms with Gasteiger partial charge in [0.1, 0.15) is 5.82 Å². The number of halogens is 2. The molecule has 1 atom stereocenters. The van der Waals surface area contributed by atoms with Gasteiger partial charge in [0, 0.05) is 4.47 Å². The molecule has 0 spiro atoms. The summed E-state index contributed by atoms with van der Waals surface area (Å²) >= 11 is 3.18. The lowest BCUT2D eigenvalue weighted by Gasteiger charge is -2.10. The van der Waals surface area contributed by atoms with Crippen molar-refractivity contribution in [3.63, 3.8) is 0 Å². The number of hydrogen-bond acceptors (Lipinski definition) is 1. The molecule has 0 aromatic heterocycles. The van der Waals surface area contributed by atoms with Gasteiger partial charge in [-0.3, -0.25) is 0 Å². The molecule has 0 saturated heterocycles. The highest BCUT2D eigenvalue weighted by molar-refractivity contribution is 9.10. The fourth-order valence-corrected chi connectivity index (χ4v) is 1.67. The zero-order valence-corrected chi connectivity index (χ0v) is 8.59. The predicted molar refractivity (Wildman–Crippen MR) is 53.9 cm³/mol. The Hall–Kier alpha value is -0.670. The first-order valence-electron chi connectivity index (χ1n) is 3.89. The predicted octanol–water partition coefficient (Wildman–Crippen LogP) is 3.20. The number of aliphatic hydroxyl groups is 1. The molecule has 1 rings (SSSR count). The van der Waals surface area contributed by atoms with Crippen molar-refractivity contribution in [1.29, 1.82) is 0 Å². The van der Waals surface area contributed by atoms with Gasteiger partial charge in [0.15, 0.2) is 0 Å². The summed E-state index contributed by atoms with van der Waals surface area (Å²) in [5, 5.41) is 9.57. The molecule has 0 fully saturated rings. The molecule has 13 heavy (non-hydrogen) atoms. The smallest absolute Gasteiger partial charge is 0.124 e. The van der Waals surface area contributed by atoms with E-state index in [1.54, 1.807) is 12.1 Å². The van der Waals surface area contributed by atoms with Crippen molar-refractivity contribution in [3.8, 4) is 0 Å². The second-order valence-electron chi connectivity index (χ2n) is 2.71. The highest BCUT2D eigenvalue weighted by Gasteiger charge is 2.09. The molecule has 0 aliphatic carbocycles. The second kappa shape index (κ2) is 4.53. The Bertz CT molecular complexity index is 312. The molecule has 1 N–H and O–H groups in total. The minimum atomic E-state index is -0.618. The van der Waals surface area contributed by atoms with E-state index in [1.807, 2.05) is 0 Å². The number of hydrogen-bond donors (Lipinski definition) is 1. The molecule has 1 nitrogen and oxygen atoms in total. The van der Waals surface area contributed by atoms with Gasteiger partial charge >= 0.3 is 0 Å². The molecule has 3 heteroatoms. The Morgan fingerprint density at radius 1 is 1.62 bits per heavy atom. The van der Waals surface area contributed by atoms with Crippen molar-refractivity contribution in [1.82, 2.24) is 0 Å². The van der Waals surface area contributed by atoms with E-state index in [0.717, 1.165) is 0 Å². The molecule has 1 unspecified atom stereocenters. The van der Waals surface area contributed by atoms with Crippen molar-refractivity contribution in [2.45, 2.75) is 12.5 Å². The molecule has 0 amide bonds. The number of benzene rings is 1. The first kappa shape index (κ1) is 10.4. The van der Waals surface area contributed by atoms with Crippen LogP contribution in [0.25, 0.3) is 0 Å². The molecular weight excluding hydrogens is 235 g/mol. The third-order valence-electron chi connectivity index (χ3n) is 1.71. The van der Waals surface area contributed by atoms with Crippen LogP contribution in [-0.2, 0) is 0 Å². The molecule has 1 aromatic rings. The molecule has 70 valence electrons. The monoisotopic (exact) mass is 244 g/mol. The van der Waals surface area contributed by atoms with Crippen molar-refractivity contribution in [2.24, 2.45) is 0 Å². The Morgan fingerprint density at radius 2 is 2.31 bits per heavy atom. The minimum Gasteiger partial charge on any atom is -0.388 e. The van der Waals surface area contributed by atoms with E-state index >= 15 is 0 Å². The quantitative estimate of drug-likeness (QED) is 0.810. The van der Waals surface area contributed by atoms with Gasteiger partial charge in [0.25, 0.3) is 0 Å². The normalized spacial score (nSPS) is 12.5. The molecule has 0 bridgehead atoms. The van der Waals surface area contributed by atoms with Crippen LogP contribution in [0.4, 0.5) is 4.39 Å². The summed E-state index contributed by atoms with van der Waals surface area (Å²) in [6.07, 6.45) is 1.47. The third-order valence-corrected chi connectivity index (χ3v) is 2.40. The van der Waals surface area contributed by atoms with Crippen LogP contribution >= 0.6 is 15.9 Å². The largest absolute Gasteiger partial charge is 0.388 e. The second-order valence-corrected chi connectivity index (χ2v) is 3.56. The van der Waals surface area contributed by atoms with Crippen LogP contribution in [0.15, 0.2) is 35.3 Å². The van der Waals surface area contributed by atoms with Gasteiger partial charge < -0.3 is 5.11 Å². The minimum absolute atomic E-state index is 0.318. The Labute approximate surface area is 85.0 Å². The molecule has 0 heterocycles. The van der Waals surface area contributed by atoms with E-state index in [9.17, 15) is 9.50 Å². The summed E-state index contributed by atoms with van der Waals surface area (Å²) in [6, 6.07) is 4.22. The topological polar surface area (TPSA) is 20.2 Å². The van der Waals surface area contributed by atoms with E-state index in [1.165, 1.54) is 12.1 Å². The third kappa shape index (κ3) is 2.64. The van der Waals surface area contributed by atoms with Crippen LogP contribution in [0.5, 0.6) is 0 Å². The zero-order chi connectivity index (χ0) is 9.84. The summed E-state index contributed by atoms with van der Waals surface area (Å²) in [6.45, 7) is 3.52. The van der Waals surface area contributed by atoms with Crippen LogP contribution in [0.2, 0.25) is 0 Å². The summed E-state index contributed by atoms with van der Waals surface area (Å²) in [5.74, 6) is -0.318. The molecule has 1 aromatic carbocycles. The fraction of sp³-hybridized carbons (Fsp3) is 0.200. The van der Waals surface area contributed by atoms with Gasteiger partial charge in [0.2, 0.25) is 0 Å². The highest BCUT2D eigenvalue weighted by Crippen LogP contribution is 2.26. The maximum atomic E-state index is 12.7. The molecular formula is C10H10BrFO. The van der Waals surface area contributed by atoms with Crippen molar-refractivity contribution < 1.29 is 9.50 Å². The van der Waals surface area contributed by atoms with Gasteiger partial charge in [0.05, 0.1) is 6.10 Å². The van der Waals surface area contributed by atoms with Crippen LogP contribution in [0.3, 0.4) is 0 Å². The fourth-order valence-electron chi connectivity index (χ4n) is 1.06. The average molecular weight is 245 g/mol. The SMILES string of the molecule is C=CCC(O)c1ccc(F)cc1Br. The summed E-state index contributed by atoms with van der Waals surface area (Å²) in [4.78, 5) is 0. The molecule has 0 aliphatic rings. The maximum Gasteiger partial charge on any atom is 0.124 e. The molecule has 0 radical (unpaired) electrons. The maximum absolute atomic E-state index is 12.7. The van der Waals surface area contributed by atoms with Gasteiger partial charge in [-0.15, -0.1) is 6.58 Å². The zero-order valence-electron chi connectivity index (χ0n) is 7.00. The van der Waals surface area contributed by atoms with Crippen LogP contribution < -0.4 is 0 Å². The van der Waals surface area contributed by atoms with Gasteiger partial charge in [-0.2, -0.15) is 0 Å².